The molecule has 3 nitrogen and oxygen atoms in total. The van der Waals surface area contributed by atoms with Gasteiger partial charge < -0.3 is 14.7 Å². The molecule has 1 aliphatic heterocycles. The van der Waals surface area contributed by atoms with Crippen LogP contribution >= 0.6 is 11.6 Å². The summed E-state index contributed by atoms with van der Waals surface area (Å²) in [5.41, 5.74) is 0.355. The van der Waals surface area contributed by atoms with Crippen molar-refractivity contribution in [2.45, 2.75) is 38.2 Å². The molecular formula is C16H24ClNO2. The Balaban J connectivity index is 2.04. The summed E-state index contributed by atoms with van der Waals surface area (Å²) in [7, 11) is 1.65. The van der Waals surface area contributed by atoms with E-state index in [0.29, 0.717) is 11.4 Å². The Labute approximate surface area is 126 Å². The summed E-state index contributed by atoms with van der Waals surface area (Å²) in [4.78, 5) is 2.42. The van der Waals surface area contributed by atoms with E-state index >= 15 is 0 Å². The average molecular weight is 298 g/mol. The Hall–Kier alpha value is -0.770. The van der Waals surface area contributed by atoms with Crippen LogP contribution in [0.5, 0.6) is 5.75 Å². The van der Waals surface area contributed by atoms with E-state index in [1.807, 2.05) is 18.2 Å². The van der Waals surface area contributed by atoms with Gasteiger partial charge in [-0.15, -0.1) is 0 Å². The molecule has 0 aliphatic carbocycles. The van der Waals surface area contributed by atoms with Gasteiger partial charge in [-0.2, -0.15) is 0 Å². The molecule has 1 heterocycles. The van der Waals surface area contributed by atoms with Crippen molar-refractivity contribution in [3.8, 4) is 5.75 Å². The van der Waals surface area contributed by atoms with Crippen LogP contribution in [0, 0.1) is 0 Å². The lowest BCUT2D eigenvalue weighted by molar-refractivity contribution is -0.0208. The first-order chi connectivity index (χ1) is 9.56. The van der Waals surface area contributed by atoms with E-state index < -0.39 is 5.60 Å². The Morgan fingerprint density at radius 2 is 2.05 bits per heavy atom. The number of benzene rings is 1. The summed E-state index contributed by atoms with van der Waals surface area (Å²) in [5, 5.41) is 11.5. The molecule has 1 N–H and O–H groups in total. The van der Waals surface area contributed by atoms with Crippen LogP contribution in [0.25, 0.3) is 0 Å². The minimum atomic E-state index is -0.637. The number of piperidine rings is 1. The van der Waals surface area contributed by atoms with E-state index in [2.05, 4.69) is 11.8 Å². The fourth-order valence-corrected chi connectivity index (χ4v) is 3.12. The number of rotatable bonds is 5. The lowest BCUT2D eigenvalue weighted by Gasteiger charge is -2.38. The topological polar surface area (TPSA) is 32.7 Å². The number of methoxy groups -OCH3 is 1. The molecule has 0 saturated carbocycles. The van der Waals surface area contributed by atoms with Gasteiger partial charge >= 0.3 is 0 Å². The largest absolute Gasteiger partial charge is 0.496 e. The van der Waals surface area contributed by atoms with Crippen molar-refractivity contribution in [2.24, 2.45) is 0 Å². The van der Waals surface area contributed by atoms with Crippen molar-refractivity contribution >= 4 is 11.6 Å². The van der Waals surface area contributed by atoms with Crippen LogP contribution in [0.3, 0.4) is 0 Å². The van der Waals surface area contributed by atoms with E-state index in [-0.39, 0.29) is 0 Å². The van der Waals surface area contributed by atoms with Gasteiger partial charge in [0.2, 0.25) is 0 Å². The summed E-state index contributed by atoms with van der Waals surface area (Å²) < 4.78 is 5.37. The molecule has 1 aromatic rings. The van der Waals surface area contributed by atoms with Gasteiger partial charge in [-0.05, 0) is 49.6 Å². The second-order valence-electron chi connectivity index (χ2n) is 5.70. The van der Waals surface area contributed by atoms with Crippen molar-refractivity contribution in [2.75, 3.05) is 26.7 Å². The third kappa shape index (κ3) is 3.87. The maximum Gasteiger partial charge on any atom is 0.122 e. The fourth-order valence-electron chi connectivity index (χ4n) is 2.93. The summed E-state index contributed by atoms with van der Waals surface area (Å²) in [6, 6.07) is 5.59. The molecule has 1 aliphatic rings. The van der Waals surface area contributed by atoms with Crippen molar-refractivity contribution in [1.29, 1.82) is 0 Å². The van der Waals surface area contributed by atoms with Crippen LogP contribution in [0.15, 0.2) is 18.2 Å². The molecule has 1 fully saturated rings. The van der Waals surface area contributed by atoms with Crippen LogP contribution in [0.1, 0.15) is 31.7 Å². The molecule has 1 aromatic carbocycles. The van der Waals surface area contributed by atoms with E-state index in [0.717, 1.165) is 43.8 Å². The van der Waals surface area contributed by atoms with Gasteiger partial charge in [-0.3, -0.25) is 0 Å². The van der Waals surface area contributed by atoms with E-state index in [4.69, 9.17) is 16.3 Å². The van der Waals surface area contributed by atoms with Crippen LogP contribution in [0.4, 0.5) is 0 Å². The van der Waals surface area contributed by atoms with Gasteiger partial charge in [0, 0.05) is 24.5 Å². The minimum absolute atomic E-state index is 0.608. The molecule has 2 rings (SSSR count). The van der Waals surface area contributed by atoms with Gasteiger partial charge in [0.05, 0.1) is 12.7 Å². The molecule has 0 radical (unpaired) electrons. The minimum Gasteiger partial charge on any atom is -0.496 e. The molecule has 0 unspecified atom stereocenters. The molecule has 1 saturated heterocycles. The van der Waals surface area contributed by atoms with E-state index in [9.17, 15) is 5.11 Å². The normalized spacial score (nSPS) is 19.0. The van der Waals surface area contributed by atoms with E-state index in [1.165, 1.54) is 6.42 Å². The number of halogens is 1. The van der Waals surface area contributed by atoms with Gasteiger partial charge in [0.1, 0.15) is 5.75 Å². The highest BCUT2D eigenvalue weighted by molar-refractivity contribution is 6.30. The third-order valence-electron chi connectivity index (χ3n) is 4.09. The smallest absolute Gasteiger partial charge is 0.122 e. The standard InChI is InChI=1S/C16H24ClNO2/c1-3-8-18-9-6-16(19,7-10-18)12-13-11-14(17)4-5-15(13)20-2/h4-5,11,19H,3,6-10,12H2,1-2H3. The zero-order valence-electron chi connectivity index (χ0n) is 12.4. The zero-order valence-corrected chi connectivity index (χ0v) is 13.1. The SMILES string of the molecule is CCCN1CCC(O)(Cc2cc(Cl)ccc2OC)CC1. The highest BCUT2D eigenvalue weighted by atomic mass is 35.5. The number of aliphatic hydroxyl groups is 1. The monoisotopic (exact) mass is 297 g/mol. The number of hydrogen-bond donors (Lipinski definition) is 1. The number of hydrogen-bond acceptors (Lipinski definition) is 3. The predicted octanol–water partition coefficient (Wildman–Crippen LogP) is 3.13. The molecule has 0 spiro atoms. The Morgan fingerprint density at radius 3 is 2.65 bits per heavy atom. The third-order valence-corrected chi connectivity index (χ3v) is 4.32. The average Bonchev–Trinajstić information content (AvgIpc) is 2.42. The molecule has 112 valence electrons. The van der Waals surface area contributed by atoms with Crippen LogP contribution in [-0.2, 0) is 6.42 Å². The second-order valence-corrected chi connectivity index (χ2v) is 6.14. The van der Waals surface area contributed by atoms with Crippen LogP contribution in [-0.4, -0.2) is 42.4 Å². The molecule has 0 atom stereocenters. The summed E-state index contributed by atoms with van der Waals surface area (Å²) in [6.07, 6.45) is 3.39. The first-order valence-electron chi connectivity index (χ1n) is 7.33. The number of ether oxygens (including phenoxy) is 1. The van der Waals surface area contributed by atoms with Crippen molar-refractivity contribution in [1.82, 2.24) is 4.90 Å². The molecule has 4 heteroatoms. The van der Waals surface area contributed by atoms with Gasteiger partial charge in [0.25, 0.3) is 0 Å². The summed E-state index contributed by atoms with van der Waals surface area (Å²) in [5.74, 6) is 0.804. The van der Waals surface area contributed by atoms with Crippen LogP contribution < -0.4 is 4.74 Å². The fraction of sp³-hybridized carbons (Fsp3) is 0.625. The lowest BCUT2D eigenvalue weighted by atomic mass is 9.85. The first kappa shape index (κ1) is 15.6. The molecule has 0 aromatic heterocycles. The summed E-state index contributed by atoms with van der Waals surface area (Å²) >= 11 is 6.06. The Bertz CT molecular complexity index is 442. The predicted molar refractivity (Wildman–Crippen MR) is 82.6 cm³/mol. The molecule has 20 heavy (non-hydrogen) atoms. The Morgan fingerprint density at radius 1 is 1.35 bits per heavy atom. The maximum absolute atomic E-state index is 10.8. The van der Waals surface area contributed by atoms with E-state index in [1.54, 1.807) is 7.11 Å². The van der Waals surface area contributed by atoms with Crippen molar-refractivity contribution in [3.05, 3.63) is 28.8 Å². The molecule has 0 amide bonds. The maximum atomic E-state index is 10.8. The zero-order chi connectivity index (χ0) is 14.6. The van der Waals surface area contributed by atoms with Crippen molar-refractivity contribution in [3.63, 3.8) is 0 Å². The number of nitrogens with zero attached hydrogens (tertiary/aromatic N) is 1. The highest BCUT2D eigenvalue weighted by Gasteiger charge is 2.32. The molecular weight excluding hydrogens is 274 g/mol. The lowest BCUT2D eigenvalue weighted by Crippen LogP contribution is -2.45. The summed E-state index contributed by atoms with van der Waals surface area (Å²) in [6.45, 7) is 5.24. The van der Waals surface area contributed by atoms with Crippen LogP contribution in [0.2, 0.25) is 5.02 Å². The highest BCUT2D eigenvalue weighted by Crippen LogP contribution is 2.31. The number of likely N-dealkylation sites (tertiary alicyclic amines) is 1. The molecule has 0 bridgehead atoms. The van der Waals surface area contributed by atoms with Crippen molar-refractivity contribution < 1.29 is 9.84 Å². The Kier molecular flexibility index (Phi) is 5.30. The van der Waals surface area contributed by atoms with Gasteiger partial charge in [-0.25, -0.2) is 0 Å². The van der Waals surface area contributed by atoms with Gasteiger partial charge in [-0.1, -0.05) is 18.5 Å². The second kappa shape index (κ2) is 6.79. The first-order valence-corrected chi connectivity index (χ1v) is 7.71. The van der Waals surface area contributed by atoms with Gasteiger partial charge in [0.15, 0.2) is 0 Å². The quantitative estimate of drug-likeness (QED) is 0.906.